The molecule has 28 heavy (non-hydrogen) atoms. The number of benzene rings is 2. The molecule has 0 aliphatic carbocycles. The van der Waals surface area contributed by atoms with E-state index in [0.717, 1.165) is 18.2 Å². The van der Waals surface area contributed by atoms with Crippen LogP contribution in [0.3, 0.4) is 0 Å². The molecule has 0 radical (unpaired) electrons. The van der Waals surface area contributed by atoms with Crippen molar-refractivity contribution in [2.45, 2.75) is 12.7 Å². The molecule has 1 N–H and O–H groups in total. The highest BCUT2D eigenvalue weighted by Gasteiger charge is 2.30. The topological polar surface area (TPSA) is 90.1 Å². The van der Waals surface area contributed by atoms with Gasteiger partial charge in [-0.3, -0.25) is 19.6 Å². The molecule has 1 amide bonds. The van der Waals surface area contributed by atoms with Gasteiger partial charge in [-0.25, -0.2) is 0 Å². The van der Waals surface area contributed by atoms with E-state index >= 15 is 0 Å². The molecule has 2 aromatic carbocycles. The fourth-order valence-corrected chi connectivity index (χ4v) is 2.51. The maximum Gasteiger partial charge on any atom is 0.416 e. The van der Waals surface area contributed by atoms with Crippen LogP contribution in [0.25, 0.3) is 0 Å². The molecule has 0 saturated heterocycles. The molecule has 0 aliphatic heterocycles. The lowest BCUT2D eigenvalue weighted by Gasteiger charge is -2.08. The summed E-state index contributed by atoms with van der Waals surface area (Å²) < 4.78 is 39.7. The number of hydrogen-bond donors (Lipinski definition) is 1. The van der Waals surface area contributed by atoms with E-state index in [1.807, 2.05) is 0 Å². The minimum Gasteiger partial charge on any atom is -0.319 e. The van der Waals surface area contributed by atoms with Gasteiger partial charge in [0.05, 0.1) is 28.9 Å². The molecular weight excluding hydrogens is 377 g/mol. The third-order valence-electron chi connectivity index (χ3n) is 3.81. The van der Waals surface area contributed by atoms with Crippen LogP contribution in [0.15, 0.2) is 60.9 Å². The highest BCUT2D eigenvalue weighted by molar-refractivity contribution is 6.04. The molecule has 0 aliphatic rings. The average Bonchev–Trinajstić information content (AvgIpc) is 3.08. The SMILES string of the molecule is O=C(Nc1cnn(Cc2cccc(C(F)(F)F)c2)c1)c1cccc([N+](=O)[O-])c1. The molecule has 7 nitrogen and oxygen atoms in total. The number of anilines is 1. The predicted octanol–water partition coefficient (Wildman–Crippen LogP) is 4.11. The zero-order valence-corrected chi connectivity index (χ0v) is 14.2. The van der Waals surface area contributed by atoms with Gasteiger partial charge < -0.3 is 5.32 Å². The molecule has 0 fully saturated rings. The summed E-state index contributed by atoms with van der Waals surface area (Å²) in [6.07, 6.45) is -1.64. The molecule has 10 heteroatoms. The largest absolute Gasteiger partial charge is 0.416 e. The van der Waals surface area contributed by atoms with Crippen molar-refractivity contribution >= 4 is 17.3 Å². The number of aromatic nitrogens is 2. The lowest BCUT2D eigenvalue weighted by molar-refractivity contribution is -0.384. The monoisotopic (exact) mass is 390 g/mol. The number of rotatable bonds is 5. The van der Waals surface area contributed by atoms with Crippen LogP contribution in [0.1, 0.15) is 21.5 Å². The van der Waals surface area contributed by atoms with Crippen LogP contribution in [0.2, 0.25) is 0 Å². The summed E-state index contributed by atoms with van der Waals surface area (Å²) in [5.74, 6) is -0.567. The second kappa shape index (κ2) is 7.51. The Bertz CT molecular complexity index is 1030. The standard InChI is InChI=1S/C18H13F3N4O3/c19-18(20,21)14-5-1-3-12(7-14)10-24-11-15(9-22-24)23-17(26)13-4-2-6-16(8-13)25(27)28/h1-9,11H,10H2,(H,23,26). The molecule has 1 aromatic heterocycles. The maximum absolute atomic E-state index is 12.8. The van der Waals surface area contributed by atoms with Gasteiger partial charge in [-0.05, 0) is 23.8 Å². The van der Waals surface area contributed by atoms with Gasteiger partial charge in [0.25, 0.3) is 11.6 Å². The number of hydrogen-bond acceptors (Lipinski definition) is 4. The van der Waals surface area contributed by atoms with Crippen LogP contribution >= 0.6 is 0 Å². The number of carbonyl (C=O) groups is 1. The minimum atomic E-state index is -4.43. The number of amides is 1. The summed E-state index contributed by atoms with van der Waals surface area (Å²) in [4.78, 5) is 22.4. The first-order chi connectivity index (χ1) is 13.2. The van der Waals surface area contributed by atoms with Gasteiger partial charge in [0.15, 0.2) is 0 Å². The Hall–Kier alpha value is -3.69. The van der Waals surface area contributed by atoms with Crippen molar-refractivity contribution in [2.75, 3.05) is 5.32 Å². The quantitative estimate of drug-likeness (QED) is 0.524. The third kappa shape index (κ3) is 4.53. The zero-order valence-electron chi connectivity index (χ0n) is 14.2. The molecule has 3 aromatic rings. The summed E-state index contributed by atoms with van der Waals surface area (Å²) in [5.41, 5.74) is -0.165. The Morgan fingerprint density at radius 2 is 1.93 bits per heavy atom. The first kappa shape index (κ1) is 19.1. The minimum absolute atomic E-state index is 0.0800. The lowest BCUT2D eigenvalue weighted by Crippen LogP contribution is -2.11. The summed E-state index contributed by atoms with van der Waals surface area (Å²) in [6, 6.07) is 10.1. The lowest BCUT2D eigenvalue weighted by atomic mass is 10.1. The normalized spacial score (nSPS) is 11.2. The van der Waals surface area contributed by atoms with Crippen molar-refractivity contribution in [3.63, 3.8) is 0 Å². The van der Waals surface area contributed by atoms with E-state index < -0.39 is 22.6 Å². The first-order valence-corrected chi connectivity index (χ1v) is 7.97. The van der Waals surface area contributed by atoms with Crippen molar-refractivity contribution in [1.29, 1.82) is 0 Å². The summed E-state index contributed by atoms with van der Waals surface area (Å²) in [7, 11) is 0. The molecule has 1 heterocycles. The van der Waals surface area contributed by atoms with Crippen LogP contribution in [0.5, 0.6) is 0 Å². The predicted molar refractivity (Wildman–Crippen MR) is 93.8 cm³/mol. The van der Waals surface area contributed by atoms with E-state index in [2.05, 4.69) is 10.4 Å². The Balaban J connectivity index is 1.70. The average molecular weight is 390 g/mol. The molecule has 3 rings (SSSR count). The fraction of sp³-hybridized carbons (Fsp3) is 0.111. The van der Waals surface area contributed by atoms with Gasteiger partial charge in [0, 0.05) is 23.9 Å². The van der Waals surface area contributed by atoms with Crippen LogP contribution in [-0.2, 0) is 12.7 Å². The van der Waals surface area contributed by atoms with E-state index in [9.17, 15) is 28.1 Å². The summed E-state index contributed by atoms with van der Waals surface area (Å²) >= 11 is 0. The third-order valence-corrected chi connectivity index (χ3v) is 3.81. The number of non-ortho nitro benzene ring substituents is 1. The maximum atomic E-state index is 12.8. The first-order valence-electron chi connectivity index (χ1n) is 7.97. The number of carbonyl (C=O) groups excluding carboxylic acids is 1. The number of nitrogens with one attached hydrogen (secondary N) is 1. The number of alkyl halides is 3. The molecule has 0 atom stereocenters. The molecular formula is C18H13F3N4O3. The molecule has 0 spiro atoms. The van der Waals surface area contributed by atoms with Crippen molar-refractivity contribution in [3.8, 4) is 0 Å². The Morgan fingerprint density at radius 3 is 2.64 bits per heavy atom. The summed E-state index contributed by atoms with van der Waals surface area (Å²) in [6.45, 7) is 0.0800. The number of nitro benzene ring substituents is 1. The Kier molecular flexibility index (Phi) is 5.12. The van der Waals surface area contributed by atoms with E-state index in [0.29, 0.717) is 11.3 Å². The van der Waals surface area contributed by atoms with Gasteiger partial charge in [-0.1, -0.05) is 18.2 Å². The van der Waals surface area contributed by atoms with E-state index in [4.69, 9.17) is 0 Å². The smallest absolute Gasteiger partial charge is 0.319 e. The van der Waals surface area contributed by atoms with Crippen molar-refractivity contribution in [1.82, 2.24) is 9.78 Å². The van der Waals surface area contributed by atoms with Crippen molar-refractivity contribution < 1.29 is 22.9 Å². The van der Waals surface area contributed by atoms with Crippen LogP contribution < -0.4 is 5.32 Å². The molecule has 0 unspecified atom stereocenters. The van der Waals surface area contributed by atoms with Gasteiger partial charge in [0.2, 0.25) is 0 Å². The molecule has 0 saturated carbocycles. The highest BCUT2D eigenvalue weighted by Crippen LogP contribution is 2.29. The number of nitrogens with zero attached hydrogens (tertiary/aromatic N) is 3. The molecule has 0 bridgehead atoms. The van der Waals surface area contributed by atoms with Gasteiger partial charge in [-0.2, -0.15) is 18.3 Å². The summed E-state index contributed by atoms with van der Waals surface area (Å²) in [5, 5.41) is 17.3. The highest BCUT2D eigenvalue weighted by atomic mass is 19.4. The Labute approximate surface area is 156 Å². The van der Waals surface area contributed by atoms with E-state index in [1.54, 1.807) is 0 Å². The van der Waals surface area contributed by atoms with Crippen LogP contribution in [-0.4, -0.2) is 20.6 Å². The second-order valence-corrected chi connectivity index (χ2v) is 5.89. The fourth-order valence-electron chi connectivity index (χ4n) is 2.51. The Morgan fingerprint density at radius 1 is 1.18 bits per heavy atom. The number of halogens is 3. The van der Waals surface area contributed by atoms with Crippen LogP contribution in [0, 0.1) is 10.1 Å². The van der Waals surface area contributed by atoms with Crippen LogP contribution in [0.4, 0.5) is 24.5 Å². The van der Waals surface area contributed by atoms with Crippen molar-refractivity contribution in [2.24, 2.45) is 0 Å². The second-order valence-electron chi connectivity index (χ2n) is 5.89. The number of nitro groups is 1. The van der Waals surface area contributed by atoms with Crippen molar-refractivity contribution in [3.05, 3.63) is 87.7 Å². The van der Waals surface area contributed by atoms with Gasteiger partial charge >= 0.3 is 6.18 Å². The van der Waals surface area contributed by atoms with E-state index in [-0.39, 0.29) is 17.8 Å². The molecule has 144 valence electrons. The van der Waals surface area contributed by atoms with Gasteiger partial charge in [0.1, 0.15) is 0 Å². The van der Waals surface area contributed by atoms with E-state index in [1.165, 1.54) is 47.4 Å². The zero-order chi connectivity index (χ0) is 20.3. The van der Waals surface area contributed by atoms with Gasteiger partial charge in [-0.15, -0.1) is 0 Å².